The van der Waals surface area contributed by atoms with Crippen molar-refractivity contribution < 1.29 is 4.74 Å². The molecule has 0 aliphatic heterocycles. The molecule has 2 nitrogen and oxygen atoms in total. The van der Waals surface area contributed by atoms with Crippen LogP contribution in [0, 0.1) is 14.9 Å². The highest BCUT2D eigenvalue weighted by molar-refractivity contribution is 14.1. The Hall–Kier alpha value is -0.450. The third-order valence-corrected chi connectivity index (χ3v) is 4.44. The maximum atomic E-state index is 6.18. The van der Waals surface area contributed by atoms with Crippen molar-refractivity contribution in [3.8, 4) is 5.75 Å². The van der Waals surface area contributed by atoms with E-state index in [0.29, 0.717) is 11.5 Å². The van der Waals surface area contributed by atoms with Crippen molar-refractivity contribution in [3.63, 3.8) is 0 Å². The molecule has 18 heavy (non-hydrogen) atoms. The summed E-state index contributed by atoms with van der Waals surface area (Å²) in [6, 6.07) is 5.87. The average molecular weight is 359 g/mol. The molecule has 2 rings (SSSR count). The Morgan fingerprint density at radius 1 is 1.33 bits per heavy atom. The van der Waals surface area contributed by atoms with Crippen LogP contribution in [0.5, 0.6) is 5.75 Å². The van der Waals surface area contributed by atoms with Gasteiger partial charge in [0.1, 0.15) is 5.75 Å². The summed E-state index contributed by atoms with van der Waals surface area (Å²) in [5, 5.41) is 0. The second-order valence-corrected chi connectivity index (χ2v) is 7.51. The first-order chi connectivity index (χ1) is 8.35. The summed E-state index contributed by atoms with van der Waals surface area (Å²) in [7, 11) is 0. The van der Waals surface area contributed by atoms with Crippen molar-refractivity contribution in [2.24, 2.45) is 11.3 Å². The fourth-order valence-corrected chi connectivity index (χ4v) is 3.81. The van der Waals surface area contributed by atoms with Crippen molar-refractivity contribution in [3.05, 3.63) is 21.8 Å². The number of anilines is 1. The highest BCUT2D eigenvalue weighted by atomic mass is 127. The Morgan fingerprint density at radius 3 is 2.67 bits per heavy atom. The third kappa shape index (κ3) is 3.53. The first kappa shape index (κ1) is 14.0. The lowest BCUT2D eigenvalue weighted by atomic mass is 9.71. The van der Waals surface area contributed by atoms with Gasteiger partial charge in [-0.15, -0.1) is 0 Å². The van der Waals surface area contributed by atoms with E-state index >= 15 is 0 Å². The average Bonchev–Trinajstić information content (AvgIpc) is 2.19. The summed E-state index contributed by atoms with van der Waals surface area (Å²) in [5.74, 6) is 1.71. The Kier molecular flexibility index (Phi) is 4.09. The van der Waals surface area contributed by atoms with Crippen LogP contribution in [0.25, 0.3) is 0 Å². The number of ether oxygens (including phenoxy) is 1. The van der Waals surface area contributed by atoms with Crippen LogP contribution in [0.3, 0.4) is 0 Å². The smallest absolute Gasteiger partial charge is 0.133 e. The van der Waals surface area contributed by atoms with E-state index in [9.17, 15) is 0 Å². The van der Waals surface area contributed by atoms with Gasteiger partial charge in [0.15, 0.2) is 0 Å². The molecule has 0 spiro atoms. The van der Waals surface area contributed by atoms with Gasteiger partial charge in [0.05, 0.1) is 9.67 Å². The molecule has 0 bridgehead atoms. The molecule has 1 saturated carbocycles. The molecule has 0 saturated heterocycles. The van der Waals surface area contributed by atoms with Crippen LogP contribution >= 0.6 is 22.6 Å². The maximum absolute atomic E-state index is 6.18. The van der Waals surface area contributed by atoms with Crippen LogP contribution in [-0.4, -0.2) is 6.10 Å². The highest BCUT2D eigenvalue weighted by Crippen LogP contribution is 2.40. The molecular weight excluding hydrogens is 337 g/mol. The first-order valence-corrected chi connectivity index (χ1v) is 7.65. The maximum Gasteiger partial charge on any atom is 0.133 e. The van der Waals surface area contributed by atoms with Crippen molar-refractivity contribution in [2.45, 2.75) is 46.1 Å². The number of hydrogen-bond acceptors (Lipinski definition) is 2. The number of nitrogens with two attached hydrogens (primary N) is 1. The van der Waals surface area contributed by atoms with E-state index in [1.807, 2.05) is 18.2 Å². The van der Waals surface area contributed by atoms with E-state index in [1.54, 1.807) is 0 Å². The summed E-state index contributed by atoms with van der Waals surface area (Å²) < 4.78 is 7.28. The van der Waals surface area contributed by atoms with Gasteiger partial charge in [0.2, 0.25) is 0 Å². The van der Waals surface area contributed by atoms with E-state index in [-0.39, 0.29) is 0 Å². The SMILES string of the molecule is CC1CC(Oc2ccc(N)cc2I)CC(C)(C)C1. The first-order valence-electron chi connectivity index (χ1n) is 6.57. The van der Waals surface area contributed by atoms with E-state index in [2.05, 4.69) is 43.4 Å². The zero-order chi connectivity index (χ0) is 13.3. The molecule has 1 aliphatic carbocycles. The quantitative estimate of drug-likeness (QED) is 0.625. The van der Waals surface area contributed by atoms with Crippen LogP contribution in [0.1, 0.15) is 40.0 Å². The molecule has 0 radical (unpaired) electrons. The van der Waals surface area contributed by atoms with Crippen molar-refractivity contribution in [1.82, 2.24) is 0 Å². The van der Waals surface area contributed by atoms with E-state index in [0.717, 1.165) is 33.8 Å². The fraction of sp³-hybridized carbons (Fsp3) is 0.600. The zero-order valence-corrected chi connectivity index (χ0v) is 13.5. The van der Waals surface area contributed by atoms with Crippen LogP contribution in [0.4, 0.5) is 5.69 Å². The molecule has 1 aliphatic rings. The lowest BCUT2D eigenvalue weighted by Gasteiger charge is -2.39. The molecular formula is C15H22INO. The molecule has 0 amide bonds. The number of hydrogen-bond donors (Lipinski definition) is 1. The zero-order valence-electron chi connectivity index (χ0n) is 11.4. The molecule has 1 aromatic carbocycles. The van der Waals surface area contributed by atoms with Crippen LogP contribution < -0.4 is 10.5 Å². The summed E-state index contributed by atoms with van der Waals surface area (Å²) in [5.41, 5.74) is 6.95. The van der Waals surface area contributed by atoms with Gasteiger partial charge < -0.3 is 10.5 Å². The molecule has 1 aromatic rings. The number of nitrogen functional groups attached to an aromatic ring is 1. The van der Waals surface area contributed by atoms with Crippen molar-refractivity contribution in [2.75, 3.05) is 5.73 Å². The Balaban J connectivity index is 2.09. The minimum Gasteiger partial charge on any atom is -0.489 e. The molecule has 2 unspecified atom stereocenters. The highest BCUT2D eigenvalue weighted by Gasteiger charge is 2.33. The van der Waals surface area contributed by atoms with Gasteiger partial charge in [-0.25, -0.2) is 0 Å². The summed E-state index contributed by atoms with van der Waals surface area (Å²) >= 11 is 2.29. The Morgan fingerprint density at radius 2 is 2.06 bits per heavy atom. The van der Waals surface area contributed by atoms with Gasteiger partial charge in [0, 0.05) is 5.69 Å². The number of rotatable bonds is 2. The lowest BCUT2D eigenvalue weighted by Crippen LogP contribution is -2.34. The lowest BCUT2D eigenvalue weighted by molar-refractivity contribution is 0.0557. The van der Waals surface area contributed by atoms with E-state index < -0.39 is 0 Å². The third-order valence-electron chi connectivity index (χ3n) is 3.60. The predicted molar refractivity (Wildman–Crippen MR) is 84.8 cm³/mol. The minimum absolute atomic E-state index is 0.334. The van der Waals surface area contributed by atoms with Gasteiger partial charge >= 0.3 is 0 Å². The summed E-state index contributed by atoms with van der Waals surface area (Å²) in [6.45, 7) is 7.01. The summed E-state index contributed by atoms with van der Waals surface area (Å²) in [4.78, 5) is 0. The van der Waals surface area contributed by atoms with Crippen LogP contribution in [0.2, 0.25) is 0 Å². The van der Waals surface area contributed by atoms with Gasteiger partial charge in [-0.05, 0) is 71.4 Å². The van der Waals surface area contributed by atoms with E-state index in [4.69, 9.17) is 10.5 Å². The second-order valence-electron chi connectivity index (χ2n) is 6.34. The molecule has 0 aromatic heterocycles. The van der Waals surface area contributed by atoms with Gasteiger partial charge in [0.25, 0.3) is 0 Å². The normalized spacial score (nSPS) is 26.9. The second kappa shape index (κ2) is 5.27. The molecule has 2 N–H and O–H groups in total. The molecule has 3 heteroatoms. The molecule has 0 heterocycles. The standard InChI is InChI=1S/C15H22INO/c1-10-6-12(9-15(2,3)8-10)18-14-5-4-11(17)7-13(14)16/h4-5,7,10,12H,6,8-9,17H2,1-3H3. The Labute approximate surface area is 123 Å². The number of halogens is 1. The number of benzene rings is 1. The van der Waals surface area contributed by atoms with Crippen LogP contribution in [-0.2, 0) is 0 Å². The van der Waals surface area contributed by atoms with Crippen LogP contribution in [0.15, 0.2) is 18.2 Å². The topological polar surface area (TPSA) is 35.2 Å². The largest absolute Gasteiger partial charge is 0.489 e. The fourth-order valence-electron chi connectivity index (χ4n) is 3.14. The van der Waals surface area contributed by atoms with Crippen molar-refractivity contribution in [1.29, 1.82) is 0 Å². The molecule has 2 atom stereocenters. The molecule has 1 fully saturated rings. The Bertz CT molecular complexity index is 431. The van der Waals surface area contributed by atoms with Gasteiger partial charge in [-0.3, -0.25) is 0 Å². The monoisotopic (exact) mass is 359 g/mol. The van der Waals surface area contributed by atoms with E-state index in [1.165, 1.54) is 6.42 Å². The van der Waals surface area contributed by atoms with Crippen molar-refractivity contribution >= 4 is 28.3 Å². The van der Waals surface area contributed by atoms with Gasteiger partial charge in [-0.2, -0.15) is 0 Å². The van der Waals surface area contributed by atoms with Gasteiger partial charge in [-0.1, -0.05) is 20.8 Å². The molecule has 100 valence electrons. The summed E-state index contributed by atoms with van der Waals surface area (Å²) in [6.07, 6.45) is 3.92. The minimum atomic E-state index is 0.334. The predicted octanol–water partition coefficient (Wildman–Crippen LogP) is 4.47.